The lowest BCUT2D eigenvalue weighted by Gasteiger charge is -2.22. The van der Waals surface area contributed by atoms with E-state index in [4.69, 9.17) is 0 Å². The summed E-state index contributed by atoms with van der Waals surface area (Å²) in [6, 6.07) is 1.79. The molecule has 0 bridgehead atoms. The van der Waals surface area contributed by atoms with Crippen molar-refractivity contribution >= 4 is 5.91 Å². The molecule has 1 unspecified atom stereocenters. The molecule has 2 N–H and O–H groups in total. The smallest absolute Gasteiger partial charge is 0.274 e. The van der Waals surface area contributed by atoms with Gasteiger partial charge in [-0.15, -0.1) is 5.10 Å². The summed E-state index contributed by atoms with van der Waals surface area (Å²) < 4.78 is 1.58. The first-order valence-corrected chi connectivity index (χ1v) is 7.68. The second-order valence-corrected chi connectivity index (χ2v) is 7.22. The molecule has 2 aromatic rings. The van der Waals surface area contributed by atoms with Gasteiger partial charge >= 0.3 is 0 Å². The van der Waals surface area contributed by atoms with Crippen LogP contribution < -0.4 is 0 Å². The van der Waals surface area contributed by atoms with Crippen molar-refractivity contribution in [3.8, 4) is 0 Å². The van der Waals surface area contributed by atoms with Crippen molar-refractivity contribution < 1.29 is 9.90 Å². The van der Waals surface area contributed by atoms with Gasteiger partial charge in [-0.25, -0.2) is 4.68 Å². The van der Waals surface area contributed by atoms with Crippen LogP contribution in [0.25, 0.3) is 0 Å². The van der Waals surface area contributed by atoms with Gasteiger partial charge in [0.1, 0.15) is 11.3 Å². The Kier molecular flexibility index (Phi) is 3.71. The van der Waals surface area contributed by atoms with Gasteiger partial charge in [-0.05, 0) is 12.5 Å². The number of carbonyl (C=O) groups excluding carboxylic acids is 1. The molecule has 3 rings (SSSR count). The number of rotatable bonds is 3. The Bertz CT molecular complexity index is 687. The minimum Gasteiger partial charge on any atom is -0.386 e. The molecule has 1 amide bonds. The molecule has 23 heavy (non-hydrogen) atoms. The highest BCUT2D eigenvalue weighted by molar-refractivity contribution is 5.92. The third-order valence-corrected chi connectivity index (χ3v) is 4.15. The highest BCUT2D eigenvalue weighted by Gasteiger charge is 2.39. The highest BCUT2D eigenvalue weighted by Crippen LogP contribution is 2.25. The average molecular weight is 318 g/mol. The van der Waals surface area contributed by atoms with Crippen LogP contribution in [0.2, 0.25) is 0 Å². The van der Waals surface area contributed by atoms with Crippen molar-refractivity contribution in [1.82, 2.24) is 30.1 Å². The van der Waals surface area contributed by atoms with Crippen molar-refractivity contribution in [2.24, 2.45) is 0 Å². The number of nitrogens with zero attached hydrogens (tertiary/aromatic N) is 5. The fourth-order valence-electron chi connectivity index (χ4n) is 2.75. The van der Waals surface area contributed by atoms with Crippen molar-refractivity contribution in [1.29, 1.82) is 0 Å². The molecule has 1 saturated heterocycles. The molecule has 124 valence electrons. The van der Waals surface area contributed by atoms with E-state index in [1.807, 2.05) is 0 Å². The van der Waals surface area contributed by atoms with Crippen LogP contribution in [0.4, 0.5) is 0 Å². The Labute approximate surface area is 134 Å². The van der Waals surface area contributed by atoms with E-state index in [1.165, 1.54) is 0 Å². The fraction of sp³-hybridized carbons (Fsp3) is 0.600. The molecule has 0 aromatic carbocycles. The monoisotopic (exact) mass is 318 g/mol. The zero-order valence-electron chi connectivity index (χ0n) is 13.7. The molecule has 0 radical (unpaired) electrons. The SMILES string of the molecule is CC(C)(C)c1cc(C(=O)N2CCC(O)(Cn3ccnn3)C2)n[nH]1. The van der Waals surface area contributed by atoms with Crippen molar-refractivity contribution in [2.75, 3.05) is 13.1 Å². The van der Waals surface area contributed by atoms with Gasteiger partial charge in [-0.3, -0.25) is 9.89 Å². The zero-order valence-corrected chi connectivity index (χ0v) is 13.7. The lowest BCUT2D eigenvalue weighted by molar-refractivity contribution is 0.0265. The summed E-state index contributed by atoms with van der Waals surface area (Å²) in [5.74, 6) is -0.161. The first-order valence-electron chi connectivity index (χ1n) is 7.68. The van der Waals surface area contributed by atoms with Crippen molar-refractivity contribution in [3.63, 3.8) is 0 Å². The molecule has 1 aliphatic heterocycles. The Morgan fingerprint density at radius 2 is 2.26 bits per heavy atom. The molecule has 8 heteroatoms. The summed E-state index contributed by atoms with van der Waals surface area (Å²) in [5.41, 5.74) is 0.231. The lowest BCUT2D eigenvalue weighted by Crippen LogP contribution is -2.39. The number of nitrogens with one attached hydrogen (secondary N) is 1. The molecule has 0 aliphatic carbocycles. The van der Waals surface area contributed by atoms with Crippen molar-refractivity contribution in [2.45, 2.75) is 44.8 Å². The maximum absolute atomic E-state index is 12.6. The Morgan fingerprint density at radius 1 is 1.48 bits per heavy atom. The first kappa shape index (κ1) is 15.7. The van der Waals surface area contributed by atoms with E-state index in [1.54, 1.807) is 28.0 Å². The second-order valence-electron chi connectivity index (χ2n) is 7.22. The molecule has 2 aromatic heterocycles. The van der Waals surface area contributed by atoms with E-state index >= 15 is 0 Å². The molecule has 8 nitrogen and oxygen atoms in total. The van der Waals surface area contributed by atoms with Crippen LogP contribution in [0, 0.1) is 0 Å². The van der Waals surface area contributed by atoms with Crippen LogP contribution in [0.1, 0.15) is 43.4 Å². The molecule has 1 fully saturated rings. The minimum atomic E-state index is -0.980. The van der Waals surface area contributed by atoms with Gasteiger partial charge in [-0.1, -0.05) is 26.0 Å². The number of carbonyl (C=O) groups is 1. The normalized spacial score (nSPS) is 21.8. The average Bonchev–Trinajstić information content (AvgIpc) is 3.17. The van der Waals surface area contributed by atoms with Crippen LogP contribution in [0.3, 0.4) is 0 Å². The number of H-pyrrole nitrogens is 1. The topological polar surface area (TPSA) is 99.9 Å². The van der Waals surface area contributed by atoms with Gasteiger partial charge in [0.25, 0.3) is 5.91 Å². The minimum absolute atomic E-state index is 0.0929. The number of likely N-dealkylation sites (tertiary alicyclic amines) is 1. The van der Waals surface area contributed by atoms with Gasteiger partial charge in [0.15, 0.2) is 0 Å². The number of hydrogen-bond donors (Lipinski definition) is 2. The molecule has 3 heterocycles. The van der Waals surface area contributed by atoms with E-state index in [9.17, 15) is 9.90 Å². The molecular formula is C15H22N6O2. The summed E-state index contributed by atoms with van der Waals surface area (Å²) in [4.78, 5) is 14.2. The predicted octanol–water partition coefficient (Wildman–Crippen LogP) is 0.576. The molecule has 0 saturated carbocycles. The van der Waals surface area contributed by atoms with Gasteiger partial charge < -0.3 is 10.0 Å². The third kappa shape index (κ3) is 3.26. The highest BCUT2D eigenvalue weighted by atomic mass is 16.3. The van der Waals surface area contributed by atoms with Crippen LogP contribution in [0.15, 0.2) is 18.5 Å². The summed E-state index contributed by atoms with van der Waals surface area (Å²) >= 11 is 0. The summed E-state index contributed by atoms with van der Waals surface area (Å²) in [5, 5.41) is 25.3. The van der Waals surface area contributed by atoms with Gasteiger partial charge in [0.2, 0.25) is 0 Å². The van der Waals surface area contributed by atoms with Gasteiger partial charge in [0.05, 0.1) is 19.3 Å². The van der Waals surface area contributed by atoms with E-state index in [0.717, 1.165) is 5.69 Å². The Morgan fingerprint density at radius 3 is 2.87 bits per heavy atom. The molecule has 0 spiro atoms. The standard InChI is InChI=1S/C15H22N6O2/c1-14(2,3)12-8-11(17-18-12)13(22)20-6-4-15(23,9-20)10-21-7-5-16-19-21/h5,7-8,23H,4,6,9-10H2,1-3H3,(H,17,18). The summed E-state index contributed by atoms with van der Waals surface area (Å²) in [6.07, 6.45) is 3.78. The van der Waals surface area contributed by atoms with Gasteiger partial charge in [0, 0.05) is 23.9 Å². The maximum Gasteiger partial charge on any atom is 0.274 e. The van der Waals surface area contributed by atoms with E-state index in [2.05, 4.69) is 41.3 Å². The first-order chi connectivity index (χ1) is 10.8. The largest absolute Gasteiger partial charge is 0.386 e. The van der Waals surface area contributed by atoms with Crippen LogP contribution in [-0.4, -0.2) is 59.8 Å². The number of aromatic amines is 1. The van der Waals surface area contributed by atoms with Crippen LogP contribution in [-0.2, 0) is 12.0 Å². The number of hydrogen-bond acceptors (Lipinski definition) is 5. The third-order valence-electron chi connectivity index (χ3n) is 4.15. The molecular weight excluding hydrogens is 296 g/mol. The lowest BCUT2D eigenvalue weighted by atomic mass is 9.92. The van der Waals surface area contributed by atoms with Crippen molar-refractivity contribution in [3.05, 3.63) is 29.8 Å². The Balaban J connectivity index is 1.68. The van der Waals surface area contributed by atoms with Gasteiger partial charge in [-0.2, -0.15) is 5.10 Å². The number of amides is 1. The zero-order chi connectivity index (χ0) is 16.7. The van der Waals surface area contributed by atoms with Crippen LogP contribution in [0.5, 0.6) is 0 Å². The number of aromatic nitrogens is 5. The van der Waals surface area contributed by atoms with E-state index in [0.29, 0.717) is 25.2 Å². The summed E-state index contributed by atoms with van der Waals surface area (Å²) in [6.45, 7) is 7.26. The number of β-amino-alcohol motifs (C(OH)–C–C–N with tert-alkyl or cyclic N) is 1. The second kappa shape index (κ2) is 5.45. The quantitative estimate of drug-likeness (QED) is 0.862. The fourth-order valence-corrected chi connectivity index (χ4v) is 2.75. The van der Waals surface area contributed by atoms with Crippen LogP contribution >= 0.6 is 0 Å². The molecule has 1 atom stereocenters. The van der Waals surface area contributed by atoms with E-state index < -0.39 is 5.60 Å². The Hall–Kier alpha value is -2.22. The van der Waals surface area contributed by atoms with E-state index in [-0.39, 0.29) is 17.9 Å². The predicted molar refractivity (Wildman–Crippen MR) is 82.8 cm³/mol. The maximum atomic E-state index is 12.6. The molecule has 1 aliphatic rings. The number of aliphatic hydroxyl groups is 1. The summed E-state index contributed by atoms with van der Waals surface area (Å²) in [7, 11) is 0.